The van der Waals surface area contributed by atoms with Crippen LogP contribution in [0, 0.1) is 0 Å². The number of methoxy groups -OCH3 is 2. The van der Waals surface area contributed by atoms with Crippen LogP contribution in [0.3, 0.4) is 0 Å². The average Bonchev–Trinajstić information content (AvgIpc) is 2.81. The fourth-order valence-corrected chi connectivity index (χ4v) is 4.17. The van der Waals surface area contributed by atoms with Crippen molar-refractivity contribution in [3.8, 4) is 11.5 Å². The molecule has 0 aliphatic carbocycles. The van der Waals surface area contributed by atoms with E-state index in [4.69, 9.17) is 14.2 Å². The fraction of sp³-hybridized carbons (Fsp3) is 0.346. The van der Waals surface area contributed by atoms with Gasteiger partial charge in [0.25, 0.3) is 0 Å². The molecule has 0 fully saturated rings. The van der Waals surface area contributed by atoms with Gasteiger partial charge in [-0.05, 0) is 48.7 Å². The van der Waals surface area contributed by atoms with Crippen molar-refractivity contribution >= 4 is 5.97 Å². The van der Waals surface area contributed by atoms with E-state index in [0.29, 0.717) is 37.5 Å². The summed E-state index contributed by atoms with van der Waals surface area (Å²) in [6, 6.07) is 15.5. The Bertz CT molecular complexity index is 996. The molecule has 32 heavy (non-hydrogen) atoms. The summed E-state index contributed by atoms with van der Waals surface area (Å²) in [5.74, 6) is 0.571. The van der Waals surface area contributed by atoms with Gasteiger partial charge in [-0.2, -0.15) is 0 Å². The minimum Gasteiger partial charge on any atom is -0.497 e. The summed E-state index contributed by atoms with van der Waals surface area (Å²) < 4.78 is 16.1. The molecule has 0 radical (unpaired) electrons. The van der Waals surface area contributed by atoms with Crippen LogP contribution in [-0.2, 0) is 21.5 Å². The Kier molecular flexibility index (Phi) is 7.59. The van der Waals surface area contributed by atoms with E-state index in [2.05, 4.69) is 0 Å². The highest BCUT2D eigenvalue weighted by Crippen LogP contribution is 2.43. The van der Waals surface area contributed by atoms with Gasteiger partial charge in [-0.15, -0.1) is 0 Å². The van der Waals surface area contributed by atoms with E-state index in [-0.39, 0.29) is 0 Å². The Labute approximate surface area is 189 Å². The molecule has 0 saturated carbocycles. The first-order valence-electron chi connectivity index (χ1n) is 10.7. The Morgan fingerprint density at radius 2 is 1.81 bits per heavy atom. The zero-order valence-electron chi connectivity index (χ0n) is 19.1. The van der Waals surface area contributed by atoms with Gasteiger partial charge >= 0.3 is 5.97 Å². The van der Waals surface area contributed by atoms with E-state index in [9.17, 15) is 9.90 Å². The molecule has 3 rings (SSSR count). The molecule has 6 nitrogen and oxygen atoms in total. The van der Waals surface area contributed by atoms with Crippen LogP contribution in [0.1, 0.15) is 31.4 Å². The highest BCUT2D eigenvalue weighted by atomic mass is 16.5. The lowest BCUT2D eigenvalue weighted by Crippen LogP contribution is -2.37. The van der Waals surface area contributed by atoms with E-state index in [1.807, 2.05) is 79.6 Å². The standard InChI is InChI=1S/C26H31NO5/c1-5-26(21-7-6-8-23(17-21)32-16-15-30-3)13-14-27(19(2)24(26)25(28)29)18-20-9-11-22(31-4)12-10-20/h6-14,17H,5,15-16,18H2,1-4H3,(H,28,29). The molecule has 0 spiro atoms. The molecule has 1 aliphatic rings. The van der Waals surface area contributed by atoms with Gasteiger partial charge in [0.2, 0.25) is 0 Å². The minimum absolute atomic E-state index is 0.380. The minimum atomic E-state index is -0.917. The van der Waals surface area contributed by atoms with Gasteiger partial charge in [-0.3, -0.25) is 0 Å². The lowest BCUT2D eigenvalue weighted by atomic mass is 9.70. The Hall–Kier alpha value is -3.25. The van der Waals surface area contributed by atoms with Crippen molar-refractivity contribution in [3.05, 3.63) is 83.2 Å². The quantitative estimate of drug-likeness (QED) is 0.541. The van der Waals surface area contributed by atoms with Gasteiger partial charge in [0.05, 0.1) is 19.3 Å². The number of nitrogens with zero attached hydrogens (tertiary/aromatic N) is 1. The molecule has 1 unspecified atom stereocenters. The molecule has 6 heteroatoms. The zero-order valence-corrected chi connectivity index (χ0v) is 19.1. The largest absolute Gasteiger partial charge is 0.497 e. The number of aliphatic carboxylic acids is 1. The maximum atomic E-state index is 12.5. The molecule has 0 bridgehead atoms. The summed E-state index contributed by atoms with van der Waals surface area (Å²) in [6.45, 7) is 5.38. The molecule has 1 aliphatic heterocycles. The van der Waals surface area contributed by atoms with E-state index < -0.39 is 11.4 Å². The first-order valence-corrected chi connectivity index (χ1v) is 10.7. The third-order valence-electron chi connectivity index (χ3n) is 5.97. The summed E-state index contributed by atoms with van der Waals surface area (Å²) in [4.78, 5) is 14.5. The zero-order chi connectivity index (χ0) is 23.1. The molecule has 0 aromatic heterocycles. The van der Waals surface area contributed by atoms with Crippen LogP contribution in [0.25, 0.3) is 0 Å². The van der Waals surface area contributed by atoms with Gasteiger partial charge in [-0.25, -0.2) is 4.79 Å². The van der Waals surface area contributed by atoms with Crippen molar-refractivity contribution < 1.29 is 24.1 Å². The number of carbonyl (C=O) groups is 1. The third-order valence-corrected chi connectivity index (χ3v) is 5.97. The molecule has 2 aromatic rings. The smallest absolute Gasteiger partial charge is 0.334 e. The Balaban J connectivity index is 1.96. The van der Waals surface area contributed by atoms with E-state index >= 15 is 0 Å². The fourth-order valence-electron chi connectivity index (χ4n) is 4.17. The first kappa shape index (κ1) is 23.4. The van der Waals surface area contributed by atoms with Crippen LogP contribution in [0.2, 0.25) is 0 Å². The van der Waals surface area contributed by atoms with Crippen molar-refractivity contribution in [3.63, 3.8) is 0 Å². The molecule has 1 heterocycles. The number of rotatable bonds is 10. The summed E-state index contributed by atoms with van der Waals surface area (Å²) in [5, 5.41) is 10.2. The second-order valence-electron chi connectivity index (χ2n) is 7.75. The molecular weight excluding hydrogens is 406 g/mol. The lowest BCUT2D eigenvalue weighted by Gasteiger charge is -2.39. The van der Waals surface area contributed by atoms with Crippen molar-refractivity contribution in [1.82, 2.24) is 4.90 Å². The third kappa shape index (κ3) is 4.81. The maximum Gasteiger partial charge on any atom is 0.334 e. The summed E-state index contributed by atoms with van der Waals surface area (Å²) in [5.41, 5.74) is 2.32. The van der Waals surface area contributed by atoms with E-state index in [1.54, 1.807) is 14.2 Å². The first-order chi connectivity index (χ1) is 15.4. The second-order valence-corrected chi connectivity index (χ2v) is 7.75. The monoisotopic (exact) mass is 437 g/mol. The van der Waals surface area contributed by atoms with Gasteiger partial charge in [0, 0.05) is 31.0 Å². The highest BCUT2D eigenvalue weighted by molar-refractivity contribution is 5.92. The van der Waals surface area contributed by atoms with Gasteiger partial charge in [0.15, 0.2) is 0 Å². The number of allylic oxidation sites excluding steroid dienone is 2. The van der Waals surface area contributed by atoms with Crippen molar-refractivity contribution in [2.75, 3.05) is 27.4 Å². The predicted molar refractivity (Wildman–Crippen MR) is 124 cm³/mol. The van der Waals surface area contributed by atoms with Crippen LogP contribution in [0.4, 0.5) is 0 Å². The second kappa shape index (κ2) is 10.4. The lowest BCUT2D eigenvalue weighted by molar-refractivity contribution is -0.133. The van der Waals surface area contributed by atoms with Crippen LogP contribution in [-0.4, -0.2) is 43.4 Å². The molecule has 1 N–H and O–H groups in total. The summed E-state index contributed by atoms with van der Waals surface area (Å²) in [6.07, 6.45) is 4.61. The Morgan fingerprint density at radius 1 is 1.06 bits per heavy atom. The molecular formula is C26H31NO5. The number of hydrogen-bond donors (Lipinski definition) is 1. The van der Waals surface area contributed by atoms with Crippen molar-refractivity contribution in [2.24, 2.45) is 0 Å². The van der Waals surface area contributed by atoms with Crippen molar-refractivity contribution in [2.45, 2.75) is 32.2 Å². The number of carboxylic acid groups (broad SMARTS) is 1. The molecule has 1 atom stereocenters. The molecule has 2 aromatic carbocycles. The van der Waals surface area contributed by atoms with Gasteiger partial charge in [-0.1, -0.05) is 37.3 Å². The van der Waals surface area contributed by atoms with E-state index in [1.165, 1.54) is 0 Å². The normalized spacial score (nSPS) is 18.1. The Morgan fingerprint density at radius 3 is 2.44 bits per heavy atom. The highest BCUT2D eigenvalue weighted by Gasteiger charge is 2.41. The topological polar surface area (TPSA) is 68.2 Å². The molecule has 170 valence electrons. The molecule has 0 saturated heterocycles. The van der Waals surface area contributed by atoms with Gasteiger partial charge in [0.1, 0.15) is 18.1 Å². The summed E-state index contributed by atoms with van der Waals surface area (Å²) in [7, 11) is 3.26. The van der Waals surface area contributed by atoms with E-state index in [0.717, 1.165) is 22.6 Å². The predicted octanol–water partition coefficient (Wildman–Crippen LogP) is 4.76. The SMILES string of the molecule is CCC1(c2cccc(OCCOC)c2)C=CN(Cc2ccc(OC)cc2)C(C)=C1C(=O)O. The maximum absolute atomic E-state index is 12.5. The van der Waals surface area contributed by atoms with Crippen molar-refractivity contribution in [1.29, 1.82) is 0 Å². The average molecular weight is 438 g/mol. The van der Waals surface area contributed by atoms with Gasteiger partial charge < -0.3 is 24.2 Å². The van der Waals surface area contributed by atoms with Crippen LogP contribution in [0.15, 0.2) is 72.1 Å². The van der Waals surface area contributed by atoms with Crippen LogP contribution < -0.4 is 9.47 Å². The number of carboxylic acids is 1. The molecule has 0 amide bonds. The van der Waals surface area contributed by atoms with Crippen LogP contribution >= 0.6 is 0 Å². The number of ether oxygens (including phenoxy) is 3. The van der Waals surface area contributed by atoms with Crippen LogP contribution in [0.5, 0.6) is 11.5 Å². The summed E-state index contributed by atoms with van der Waals surface area (Å²) >= 11 is 0. The number of benzene rings is 2. The number of hydrogen-bond acceptors (Lipinski definition) is 5.